The molecule has 0 bridgehead atoms. The zero-order chi connectivity index (χ0) is 79.2. The predicted molar refractivity (Wildman–Crippen MR) is 419 cm³/mol. The van der Waals surface area contributed by atoms with E-state index in [0.29, 0.717) is 330 Å². The molecule has 29 heteroatoms. The van der Waals surface area contributed by atoms with Crippen molar-refractivity contribution < 1.29 is 128 Å². The summed E-state index contributed by atoms with van der Waals surface area (Å²) in [6, 6.07) is 22.4. The molecule has 0 saturated heterocycles. The third kappa shape index (κ3) is 47.3. The minimum Gasteiger partial charge on any atom is -0.382 e. The van der Waals surface area contributed by atoms with Crippen LogP contribution in [-0.4, -0.2) is 354 Å². The number of rotatable bonds is 83. The molecule has 1 aliphatic heterocycles. The Morgan fingerprint density at radius 2 is 0.598 bits per heavy atom. The van der Waals surface area contributed by atoms with Gasteiger partial charge >= 0.3 is 0 Å². The van der Waals surface area contributed by atoms with E-state index in [1.54, 1.807) is 14.2 Å². The van der Waals surface area contributed by atoms with Gasteiger partial charge in [0.05, 0.1) is 291 Å². The molecule has 0 fully saturated rings. The summed E-state index contributed by atoms with van der Waals surface area (Å²) in [5.41, 5.74) is 9.54. The van der Waals surface area contributed by atoms with Gasteiger partial charge in [-0.05, 0) is 96.9 Å². The van der Waals surface area contributed by atoms with Gasteiger partial charge in [0.1, 0.15) is 0 Å². The summed E-state index contributed by atoms with van der Waals surface area (Å²) in [5.74, 6) is -0.669. The van der Waals surface area contributed by atoms with Crippen molar-refractivity contribution in [3.8, 4) is 22.3 Å². The molecular formula is C83H134N2O27. The first-order valence-corrected chi connectivity index (χ1v) is 40.2. The van der Waals surface area contributed by atoms with Crippen molar-refractivity contribution in [1.82, 2.24) is 10.2 Å². The second kappa shape index (κ2) is 69.2. The number of nitrogens with one attached hydrogen (secondary N) is 1. The molecule has 29 nitrogen and oxygen atoms in total. The number of hydrogen-bond acceptors (Lipinski definition) is 27. The van der Waals surface area contributed by atoms with Crippen LogP contribution in [0.2, 0.25) is 0 Å². The second-order valence-corrected chi connectivity index (χ2v) is 26.0. The Kier molecular flexibility index (Phi) is 60.3. The zero-order valence-corrected chi connectivity index (χ0v) is 67.5. The first kappa shape index (κ1) is 97.6. The lowest BCUT2D eigenvalue weighted by Gasteiger charge is -2.33. The number of carbonyl (C=O) groups is 3. The SMILES string of the molecule is COCCOCCOCCOCCOCCOCCOCCOCCOCCOCCOCCOCCCC1(CCCOCCOCCOCCOCCOCCOCCOCCOCCOCCOCCOCCOC)c2cc(C)ccc2-c2ccc(-c3ccc(CCCC(=O)NCCCN4C(=O)C=CC4=O)cc3)cc21. The van der Waals surface area contributed by atoms with E-state index in [2.05, 4.69) is 72.9 Å². The van der Waals surface area contributed by atoms with Gasteiger partial charge in [-0.2, -0.15) is 0 Å². The summed E-state index contributed by atoms with van der Waals surface area (Å²) in [4.78, 5) is 37.6. The van der Waals surface area contributed by atoms with Crippen molar-refractivity contribution in [2.24, 2.45) is 0 Å². The number of fused-ring (bicyclic) bond motifs is 3. The maximum Gasteiger partial charge on any atom is 0.253 e. The van der Waals surface area contributed by atoms with Crippen molar-refractivity contribution in [1.29, 1.82) is 0 Å². The van der Waals surface area contributed by atoms with Crippen LogP contribution in [0.1, 0.15) is 67.2 Å². The number of methoxy groups -OCH3 is 2. The number of imide groups is 1. The molecule has 0 aromatic heterocycles. The lowest BCUT2D eigenvalue weighted by Crippen LogP contribution is -2.33. The van der Waals surface area contributed by atoms with Crippen LogP contribution in [0.25, 0.3) is 22.3 Å². The molecule has 0 atom stereocenters. The number of aryl methyl sites for hydroxylation is 2. The smallest absolute Gasteiger partial charge is 0.253 e. The fraction of sp³-hybridized carbons (Fsp3) is 0.723. The lowest BCUT2D eigenvalue weighted by atomic mass is 9.71. The van der Waals surface area contributed by atoms with Gasteiger partial charge in [-0.1, -0.05) is 60.2 Å². The Bertz CT molecular complexity index is 2690. The highest BCUT2D eigenvalue weighted by Crippen LogP contribution is 2.55. The molecular weight excluding hydrogens is 1460 g/mol. The maximum absolute atomic E-state index is 12.7. The van der Waals surface area contributed by atoms with Crippen LogP contribution in [-0.2, 0) is 140 Å². The van der Waals surface area contributed by atoms with E-state index in [1.807, 2.05) is 0 Å². The molecule has 1 N–H and O–H groups in total. The Balaban J connectivity index is 0.909. The average molecular weight is 1590 g/mol. The van der Waals surface area contributed by atoms with Crippen molar-refractivity contribution >= 4 is 17.7 Å². The summed E-state index contributed by atoms with van der Waals surface area (Å²) in [6.45, 7) is 25.7. The second-order valence-electron chi connectivity index (χ2n) is 26.0. The normalized spacial score (nSPS) is 13.0. The van der Waals surface area contributed by atoms with Crippen LogP contribution in [0.15, 0.2) is 72.8 Å². The van der Waals surface area contributed by atoms with Crippen molar-refractivity contribution in [3.05, 3.63) is 95.1 Å². The molecule has 3 aromatic rings. The lowest BCUT2D eigenvalue weighted by molar-refractivity contribution is -0.136. The molecule has 5 rings (SSSR count). The van der Waals surface area contributed by atoms with Gasteiger partial charge in [-0.3, -0.25) is 19.3 Å². The molecule has 0 saturated carbocycles. The maximum atomic E-state index is 12.7. The van der Waals surface area contributed by atoms with E-state index in [0.717, 1.165) is 48.8 Å². The van der Waals surface area contributed by atoms with Crippen LogP contribution in [0.3, 0.4) is 0 Å². The third-order valence-electron chi connectivity index (χ3n) is 17.5. The highest BCUT2D eigenvalue weighted by molar-refractivity contribution is 6.12. The summed E-state index contributed by atoms with van der Waals surface area (Å²) < 4.78 is 134. The van der Waals surface area contributed by atoms with Crippen LogP contribution >= 0.6 is 0 Å². The number of ether oxygens (including phenoxy) is 24. The first-order chi connectivity index (χ1) is 55.4. The Morgan fingerprint density at radius 3 is 0.911 bits per heavy atom. The molecule has 0 radical (unpaired) electrons. The largest absolute Gasteiger partial charge is 0.382 e. The van der Waals surface area contributed by atoms with Gasteiger partial charge < -0.3 is 119 Å². The molecule has 638 valence electrons. The predicted octanol–water partition coefficient (Wildman–Crippen LogP) is 6.90. The van der Waals surface area contributed by atoms with Crippen molar-refractivity contribution in [2.75, 3.05) is 331 Å². The van der Waals surface area contributed by atoms with Gasteiger partial charge in [0.2, 0.25) is 5.91 Å². The zero-order valence-electron chi connectivity index (χ0n) is 67.5. The molecule has 3 amide bonds. The molecule has 3 aromatic carbocycles. The topological polar surface area (TPSA) is 288 Å². The van der Waals surface area contributed by atoms with Gasteiger partial charge in [0.15, 0.2) is 0 Å². The molecule has 1 heterocycles. The van der Waals surface area contributed by atoms with Crippen LogP contribution < -0.4 is 5.32 Å². The van der Waals surface area contributed by atoms with Crippen LogP contribution in [0.4, 0.5) is 0 Å². The molecule has 0 spiro atoms. The Labute approximate surface area is 665 Å². The summed E-state index contributed by atoms with van der Waals surface area (Å²) in [7, 11) is 3.29. The summed E-state index contributed by atoms with van der Waals surface area (Å²) in [5, 5.41) is 2.93. The Morgan fingerprint density at radius 1 is 0.321 bits per heavy atom. The van der Waals surface area contributed by atoms with Gasteiger partial charge in [-0.25, -0.2) is 0 Å². The number of benzene rings is 3. The first-order valence-electron chi connectivity index (χ1n) is 40.2. The minimum atomic E-state index is -0.312. The molecule has 0 unspecified atom stereocenters. The summed E-state index contributed by atoms with van der Waals surface area (Å²) >= 11 is 0. The quantitative estimate of drug-likeness (QED) is 0.0444. The standard InChI is InChI=1S/C83H134N2O27/c1-72-10-16-76-77-17-15-75(74-13-11-73(12-14-74)8-4-9-80(86)84-22-7-23-85-81(87)18-19-82(85)88)71-79(77)83(78(76)70-72,20-5-24-91-30-32-95-38-40-99-46-48-103-54-56-107-62-64-111-68-66-109-60-58-105-52-50-101-44-42-97-36-34-93-28-26-89-2)21-6-25-92-31-33-96-39-41-100-47-49-104-55-57-108-63-65-112-69-67-110-61-59-106-53-51-102-45-43-98-37-35-94-29-27-90-3/h10-19,70-71H,4-9,20-69H2,1-3H3,(H,84,86). The minimum absolute atomic E-state index is 0.0456. The molecule has 1 aliphatic carbocycles. The van der Waals surface area contributed by atoms with E-state index in [1.165, 1.54) is 44.9 Å². The molecule has 112 heavy (non-hydrogen) atoms. The van der Waals surface area contributed by atoms with Crippen LogP contribution in [0.5, 0.6) is 0 Å². The highest BCUT2D eigenvalue weighted by Gasteiger charge is 2.42. The van der Waals surface area contributed by atoms with Gasteiger partial charge in [0, 0.05) is 64.5 Å². The van der Waals surface area contributed by atoms with Crippen LogP contribution in [0, 0.1) is 6.92 Å². The van der Waals surface area contributed by atoms with E-state index < -0.39 is 0 Å². The van der Waals surface area contributed by atoms with E-state index >= 15 is 0 Å². The highest BCUT2D eigenvalue weighted by atomic mass is 16.6. The number of amides is 3. The molecule has 2 aliphatic rings. The van der Waals surface area contributed by atoms with Gasteiger partial charge in [-0.15, -0.1) is 0 Å². The average Bonchev–Trinajstić information content (AvgIpc) is 1.56. The number of hydrogen-bond donors (Lipinski definition) is 1. The van der Waals surface area contributed by atoms with E-state index in [-0.39, 0.29) is 29.7 Å². The third-order valence-corrected chi connectivity index (χ3v) is 17.5. The summed E-state index contributed by atoms with van der Waals surface area (Å²) in [6.07, 6.45) is 8.34. The van der Waals surface area contributed by atoms with Crippen molar-refractivity contribution in [3.63, 3.8) is 0 Å². The van der Waals surface area contributed by atoms with E-state index in [4.69, 9.17) is 114 Å². The fourth-order valence-electron chi connectivity index (χ4n) is 11.8. The number of nitrogens with zero attached hydrogens (tertiary/aromatic N) is 1. The van der Waals surface area contributed by atoms with Crippen molar-refractivity contribution in [2.45, 2.75) is 63.7 Å². The van der Waals surface area contributed by atoms with E-state index in [9.17, 15) is 14.4 Å². The monoisotopic (exact) mass is 1590 g/mol. The fourth-order valence-corrected chi connectivity index (χ4v) is 11.8. The number of carbonyl (C=O) groups excluding carboxylic acids is 3. The van der Waals surface area contributed by atoms with Gasteiger partial charge in [0.25, 0.3) is 11.8 Å². The Hall–Kier alpha value is -4.95.